The molecule has 0 aliphatic rings. The predicted octanol–water partition coefficient (Wildman–Crippen LogP) is 1.65. The van der Waals surface area contributed by atoms with E-state index in [-0.39, 0.29) is 5.91 Å². The van der Waals surface area contributed by atoms with Crippen molar-refractivity contribution in [3.05, 3.63) is 35.1 Å². The molecule has 6 nitrogen and oxygen atoms in total. The van der Waals surface area contributed by atoms with Gasteiger partial charge in [-0.1, -0.05) is 16.8 Å². The molecule has 0 bridgehead atoms. The van der Waals surface area contributed by atoms with Crippen LogP contribution in [-0.4, -0.2) is 32.3 Å². The van der Waals surface area contributed by atoms with Crippen LogP contribution in [0.25, 0.3) is 0 Å². The van der Waals surface area contributed by atoms with Crippen molar-refractivity contribution < 1.29 is 4.79 Å². The molecule has 100 valence electrons. The van der Waals surface area contributed by atoms with Crippen molar-refractivity contribution in [2.24, 2.45) is 0 Å². The summed E-state index contributed by atoms with van der Waals surface area (Å²) in [6, 6.07) is 7.54. The Morgan fingerprint density at radius 2 is 2.16 bits per heavy atom. The normalized spacial score (nSPS) is 10.4. The number of carbonyl (C=O) groups is 1. The lowest BCUT2D eigenvalue weighted by Crippen LogP contribution is -2.23. The lowest BCUT2D eigenvalue weighted by Gasteiger charge is -2.03. The van der Waals surface area contributed by atoms with Gasteiger partial charge in [0.15, 0.2) is 5.82 Å². The summed E-state index contributed by atoms with van der Waals surface area (Å²) < 4.78 is 0. The van der Waals surface area contributed by atoms with E-state index < -0.39 is 0 Å². The number of halogens is 1. The molecule has 0 fully saturated rings. The summed E-state index contributed by atoms with van der Waals surface area (Å²) in [6.07, 6.45) is 0.436. The Kier molecular flexibility index (Phi) is 5.17. The third-order valence-corrected chi connectivity index (χ3v) is 3.51. The Morgan fingerprint density at radius 3 is 2.84 bits per heavy atom. The second-order valence-electron chi connectivity index (χ2n) is 3.66. The number of rotatable bonds is 6. The number of carbonyl (C=O) groups excluding carboxylic acids is 1. The predicted molar refractivity (Wildman–Crippen MR) is 72.8 cm³/mol. The van der Waals surface area contributed by atoms with Crippen LogP contribution in [0.3, 0.4) is 0 Å². The third-order valence-electron chi connectivity index (χ3n) is 2.24. The number of thioether (sulfide) groups is 1. The van der Waals surface area contributed by atoms with Gasteiger partial charge < -0.3 is 5.32 Å². The van der Waals surface area contributed by atoms with Gasteiger partial charge in [0.1, 0.15) is 0 Å². The first-order valence-electron chi connectivity index (χ1n) is 5.61. The maximum atomic E-state index is 11.6. The Morgan fingerprint density at radius 1 is 1.37 bits per heavy atom. The molecule has 1 amide bonds. The molecule has 0 saturated carbocycles. The summed E-state index contributed by atoms with van der Waals surface area (Å²) in [5.74, 6) is 1.14. The molecule has 0 unspecified atom stereocenters. The zero-order valence-electron chi connectivity index (χ0n) is 9.97. The van der Waals surface area contributed by atoms with Crippen LogP contribution in [0.2, 0.25) is 5.02 Å². The zero-order chi connectivity index (χ0) is 13.5. The Labute approximate surface area is 119 Å². The Bertz CT molecular complexity index is 516. The number of hydrogen-bond acceptors (Lipinski definition) is 5. The number of tetrazole rings is 1. The number of benzene rings is 1. The minimum absolute atomic E-state index is 0.0359. The van der Waals surface area contributed by atoms with Gasteiger partial charge in [-0.25, -0.2) is 0 Å². The number of aromatic nitrogens is 4. The average molecular weight is 298 g/mol. The van der Waals surface area contributed by atoms with Crippen molar-refractivity contribution in [2.45, 2.75) is 17.9 Å². The number of H-pyrrole nitrogens is 1. The number of hydrogen-bond donors (Lipinski definition) is 2. The van der Waals surface area contributed by atoms with Crippen LogP contribution in [0.1, 0.15) is 12.2 Å². The second kappa shape index (κ2) is 7.10. The van der Waals surface area contributed by atoms with E-state index in [0.717, 1.165) is 4.90 Å². The van der Waals surface area contributed by atoms with Gasteiger partial charge in [-0.3, -0.25) is 4.79 Å². The van der Waals surface area contributed by atoms with Crippen LogP contribution < -0.4 is 5.32 Å². The number of nitrogens with one attached hydrogen (secondary N) is 2. The first-order chi connectivity index (χ1) is 9.24. The highest BCUT2D eigenvalue weighted by Crippen LogP contribution is 2.20. The van der Waals surface area contributed by atoms with Gasteiger partial charge in [0, 0.05) is 22.1 Å². The summed E-state index contributed by atoms with van der Waals surface area (Å²) in [5.41, 5.74) is 0. The van der Waals surface area contributed by atoms with Crippen LogP contribution in [0, 0.1) is 0 Å². The maximum Gasteiger partial charge on any atom is 0.221 e. The molecule has 2 aromatic rings. The molecule has 0 radical (unpaired) electrons. The summed E-state index contributed by atoms with van der Waals surface area (Å²) >= 11 is 7.40. The maximum absolute atomic E-state index is 11.6. The van der Waals surface area contributed by atoms with Gasteiger partial charge in [-0.15, -0.1) is 22.0 Å². The van der Waals surface area contributed by atoms with Gasteiger partial charge in [-0.05, 0) is 24.3 Å². The first-order valence-corrected chi connectivity index (χ1v) is 6.98. The fraction of sp³-hybridized carbons (Fsp3) is 0.273. The quantitative estimate of drug-likeness (QED) is 0.792. The van der Waals surface area contributed by atoms with Crippen molar-refractivity contribution in [3.63, 3.8) is 0 Å². The van der Waals surface area contributed by atoms with Gasteiger partial charge in [0.05, 0.1) is 6.54 Å². The second-order valence-corrected chi connectivity index (χ2v) is 5.26. The topological polar surface area (TPSA) is 83.6 Å². The number of amides is 1. The van der Waals surface area contributed by atoms with E-state index in [4.69, 9.17) is 11.6 Å². The van der Waals surface area contributed by atoms with Gasteiger partial charge >= 0.3 is 0 Å². The Hall–Kier alpha value is -1.60. The highest BCUT2D eigenvalue weighted by atomic mass is 35.5. The molecular formula is C11H12ClN5OS. The van der Waals surface area contributed by atoms with E-state index in [0.29, 0.717) is 29.6 Å². The SMILES string of the molecule is O=C(CCSc1ccc(Cl)cc1)NCc1nn[nH]n1. The summed E-state index contributed by atoms with van der Waals surface area (Å²) in [7, 11) is 0. The fourth-order valence-electron chi connectivity index (χ4n) is 1.32. The van der Waals surface area contributed by atoms with Gasteiger partial charge in [0.2, 0.25) is 5.91 Å². The van der Waals surface area contributed by atoms with Crippen molar-refractivity contribution in [1.29, 1.82) is 0 Å². The van der Waals surface area contributed by atoms with Crippen LogP contribution in [0.4, 0.5) is 0 Å². The van der Waals surface area contributed by atoms with Crippen molar-refractivity contribution >= 4 is 29.3 Å². The van der Waals surface area contributed by atoms with Gasteiger partial charge in [0.25, 0.3) is 0 Å². The molecule has 0 saturated heterocycles. The summed E-state index contributed by atoms with van der Waals surface area (Å²) in [4.78, 5) is 12.6. The lowest BCUT2D eigenvalue weighted by molar-refractivity contribution is -0.120. The molecule has 19 heavy (non-hydrogen) atoms. The van der Waals surface area contributed by atoms with E-state index in [1.165, 1.54) is 0 Å². The van der Waals surface area contributed by atoms with E-state index in [1.54, 1.807) is 11.8 Å². The highest BCUT2D eigenvalue weighted by molar-refractivity contribution is 7.99. The van der Waals surface area contributed by atoms with Crippen LogP contribution >= 0.6 is 23.4 Å². The molecule has 2 N–H and O–H groups in total. The molecule has 2 rings (SSSR count). The van der Waals surface area contributed by atoms with Crippen molar-refractivity contribution in [2.75, 3.05) is 5.75 Å². The van der Waals surface area contributed by atoms with E-state index in [2.05, 4.69) is 25.9 Å². The van der Waals surface area contributed by atoms with Crippen molar-refractivity contribution in [1.82, 2.24) is 25.9 Å². The molecule has 0 aliphatic carbocycles. The average Bonchev–Trinajstić information content (AvgIpc) is 2.92. The van der Waals surface area contributed by atoms with E-state index >= 15 is 0 Å². The standard InChI is InChI=1S/C11H12ClN5OS/c12-8-1-3-9(4-2-8)19-6-5-11(18)13-7-10-14-16-17-15-10/h1-4H,5-7H2,(H,13,18)(H,14,15,16,17). The minimum atomic E-state index is -0.0359. The fourth-order valence-corrected chi connectivity index (χ4v) is 2.29. The minimum Gasteiger partial charge on any atom is -0.349 e. The molecule has 0 aliphatic heterocycles. The van der Waals surface area contributed by atoms with Crippen LogP contribution in [-0.2, 0) is 11.3 Å². The van der Waals surface area contributed by atoms with E-state index in [9.17, 15) is 4.79 Å². The van der Waals surface area contributed by atoms with Gasteiger partial charge in [-0.2, -0.15) is 5.21 Å². The smallest absolute Gasteiger partial charge is 0.221 e. The zero-order valence-corrected chi connectivity index (χ0v) is 11.5. The molecule has 1 aromatic heterocycles. The molecule has 0 atom stereocenters. The monoisotopic (exact) mass is 297 g/mol. The molecule has 0 spiro atoms. The molecule has 8 heteroatoms. The summed E-state index contributed by atoms with van der Waals surface area (Å²) in [6.45, 7) is 0.293. The molecule has 1 aromatic carbocycles. The largest absolute Gasteiger partial charge is 0.349 e. The summed E-state index contributed by atoms with van der Waals surface area (Å²) in [5, 5.41) is 16.7. The highest BCUT2D eigenvalue weighted by Gasteiger charge is 2.04. The number of nitrogens with zero attached hydrogens (tertiary/aromatic N) is 3. The molecular weight excluding hydrogens is 286 g/mol. The van der Waals surface area contributed by atoms with E-state index in [1.807, 2.05) is 24.3 Å². The first kappa shape index (κ1) is 13.8. The lowest BCUT2D eigenvalue weighted by atomic mass is 10.4. The molecule has 1 heterocycles. The van der Waals surface area contributed by atoms with Crippen LogP contribution in [0.5, 0.6) is 0 Å². The Balaban J connectivity index is 1.65. The third kappa shape index (κ3) is 4.88. The van der Waals surface area contributed by atoms with Crippen LogP contribution in [0.15, 0.2) is 29.2 Å². The van der Waals surface area contributed by atoms with Crippen molar-refractivity contribution in [3.8, 4) is 0 Å². The number of aromatic amines is 1.